The van der Waals surface area contributed by atoms with E-state index in [1.54, 1.807) is 0 Å². The van der Waals surface area contributed by atoms with Gasteiger partial charge in [-0.15, -0.1) is 0 Å². The third-order valence-electron chi connectivity index (χ3n) is 3.80. The zero-order valence-electron chi connectivity index (χ0n) is 11.3. The maximum Gasteiger partial charge on any atom is 0.138 e. The summed E-state index contributed by atoms with van der Waals surface area (Å²) >= 11 is 0. The van der Waals surface area contributed by atoms with Crippen LogP contribution in [0.5, 0.6) is 0 Å². The maximum atomic E-state index is 5.97. The van der Waals surface area contributed by atoms with Crippen molar-refractivity contribution in [3.8, 4) is 11.1 Å². The van der Waals surface area contributed by atoms with Crippen LogP contribution in [0.15, 0.2) is 71.1 Å². The topological polar surface area (TPSA) is 13.1 Å². The van der Waals surface area contributed by atoms with E-state index in [0.29, 0.717) is 0 Å². The molecular weight excluding hydrogens is 244 g/mol. The molecule has 0 N–H and O–H groups in total. The van der Waals surface area contributed by atoms with Crippen molar-refractivity contribution in [2.45, 2.75) is 6.92 Å². The highest BCUT2D eigenvalue weighted by Crippen LogP contribution is 2.33. The molecule has 1 nitrogen and oxygen atoms in total. The van der Waals surface area contributed by atoms with Crippen molar-refractivity contribution in [1.29, 1.82) is 0 Å². The van der Waals surface area contributed by atoms with Crippen molar-refractivity contribution in [2.75, 3.05) is 0 Å². The van der Waals surface area contributed by atoms with Gasteiger partial charge in [0.1, 0.15) is 11.2 Å². The number of hydrogen-bond donors (Lipinski definition) is 0. The van der Waals surface area contributed by atoms with Gasteiger partial charge in [-0.3, -0.25) is 0 Å². The van der Waals surface area contributed by atoms with Gasteiger partial charge >= 0.3 is 0 Å². The molecule has 3 aromatic carbocycles. The monoisotopic (exact) mass is 258 g/mol. The number of rotatable bonds is 1. The SMILES string of the molecule is Cc1cccc2c1oc1ccc(-c3ccccc3)cc12. The van der Waals surface area contributed by atoms with Crippen molar-refractivity contribution in [3.05, 3.63) is 72.3 Å². The van der Waals surface area contributed by atoms with Crippen LogP contribution in [-0.4, -0.2) is 0 Å². The Kier molecular flexibility index (Phi) is 2.40. The predicted octanol–water partition coefficient (Wildman–Crippen LogP) is 5.56. The summed E-state index contributed by atoms with van der Waals surface area (Å²) < 4.78 is 5.97. The van der Waals surface area contributed by atoms with Gasteiger partial charge in [0.15, 0.2) is 0 Å². The zero-order valence-corrected chi connectivity index (χ0v) is 11.3. The predicted molar refractivity (Wildman–Crippen MR) is 83.9 cm³/mol. The largest absolute Gasteiger partial charge is 0.456 e. The van der Waals surface area contributed by atoms with Crippen LogP contribution < -0.4 is 0 Å². The Labute approximate surface area is 117 Å². The summed E-state index contributed by atoms with van der Waals surface area (Å²) in [5.41, 5.74) is 5.58. The Morgan fingerprint density at radius 2 is 1.55 bits per heavy atom. The molecular formula is C19H14O. The number of benzene rings is 3. The summed E-state index contributed by atoms with van der Waals surface area (Å²) in [6.45, 7) is 2.09. The Morgan fingerprint density at radius 1 is 0.700 bits per heavy atom. The summed E-state index contributed by atoms with van der Waals surface area (Å²) in [5, 5.41) is 2.38. The number of furan rings is 1. The molecule has 0 saturated heterocycles. The second-order valence-corrected chi connectivity index (χ2v) is 5.13. The highest BCUT2D eigenvalue weighted by Gasteiger charge is 2.09. The van der Waals surface area contributed by atoms with Crippen LogP contribution in [0.2, 0.25) is 0 Å². The summed E-state index contributed by atoms with van der Waals surface area (Å²) in [6.07, 6.45) is 0. The van der Waals surface area contributed by atoms with E-state index in [1.165, 1.54) is 27.5 Å². The van der Waals surface area contributed by atoms with Crippen molar-refractivity contribution >= 4 is 21.9 Å². The molecule has 0 aliphatic heterocycles. The van der Waals surface area contributed by atoms with Crippen LogP contribution >= 0.6 is 0 Å². The van der Waals surface area contributed by atoms with Gasteiger partial charge in [0.25, 0.3) is 0 Å². The Morgan fingerprint density at radius 3 is 2.40 bits per heavy atom. The molecule has 0 atom stereocenters. The molecule has 0 spiro atoms. The minimum absolute atomic E-state index is 0.953. The molecule has 4 aromatic rings. The molecule has 0 amide bonds. The normalized spacial score (nSPS) is 11.2. The minimum atomic E-state index is 0.953. The van der Waals surface area contributed by atoms with Gasteiger partial charge in [0.2, 0.25) is 0 Å². The highest BCUT2D eigenvalue weighted by molar-refractivity contribution is 6.07. The third kappa shape index (κ3) is 1.64. The molecule has 0 radical (unpaired) electrons. The zero-order chi connectivity index (χ0) is 13.5. The highest BCUT2D eigenvalue weighted by atomic mass is 16.3. The fourth-order valence-corrected chi connectivity index (χ4v) is 2.75. The number of hydrogen-bond acceptors (Lipinski definition) is 1. The fourth-order valence-electron chi connectivity index (χ4n) is 2.75. The molecule has 0 unspecified atom stereocenters. The van der Waals surface area contributed by atoms with Gasteiger partial charge in [0.05, 0.1) is 0 Å². The van der Waals surface area contributed by atoms with E-state index in [9.17, 15) is 0 Å². The lowest BCUT2D eigenvalue weighted by Gasteiger charge is -2.01. The lowest BCUT2D eigenvalue weighted by atomic mass is 10.0. The number of aryl methyl sites for hydroxylation is 1. The second kappa shape index (κ2) is 4.24. The first kappa shape index (κ1) is 11.3. The van der Waals surface area contributed by atoms with Crippen LogP contribution in [0.1, 0.15) is 5.56 Å². The van der Waals surface area contributed by atoms with Crippen LogP contribution in [-0.2, 0) is 0 Å². The van der Waals surface area contributed by atoms with Crippen molar-refractivity contribution in [2.24, 2.45) is 0 Å². The van der Waals surface area contributed by atoms with E-state index >= 15 is 0 Å². The van der Waals surface area contributed by atoms with Gasteiger partial charge in [-0.2, -0.15) is 0 Å². The van der Waals surface area contributed by atoms with E-state index in [4.69, 9.17) is 4.42 Å². The molecule has 0 aliphatic rings. The number of para-hydroxylation sites is 1. The van der Waals surface area contributed by atoms with Crippen molar-refractivity contribution < 1.29 is 4.42 Å². The number of fused-ring (bicyclic) bond motifs is 3. The summed E-state index contributed by atoms with van der Waals surface area (Å²) in [6, 6.07) is 23.1. The fraction of sp³-hybridized carbons (Fsp3) is 0.0526. The molecule has 1 aromatic heterocycles. The van der Waals surface area contributed by atoms with Crippen molar-refractivity contribution in [1.82, 2.24) is 0 Å². The Bertz CT molecular complexity index is 901. The average molecular weight is 258 g/mol. The van der Waals surface area contributed by atoms with E-state index in [1.807, 2.05) is 6.07 Å². The Balaban J connectivity index is 2.04. The second-order valence-electron chi connectivity index (χ2n) is 5.13. The van der Waals surface area contributed by atoms with Crippen molar-refractivity contribution in [3.63, 3.8) is 0 Å². The lowest BCUT2D eigenvalue weighted by Crippen LogP contribution is -1.76. The summed E-state index contributed by atoms with van der Waals surface area (Å²) in [7, 11) is 0. The third-order valence-corrected chi connectivity index (χ3v) is 3.80. The van der Waals surface area contributed by atoms with Gasteiger partial charge in [-0.25, -0.2) is 0 Å². The summed E-state index contributed by atoms with van der Waals surface area (Å²) in [5.74, 6) is 0. The van der Waals surface area contributed by atoms with Crippen LogP contribution in [0.25, 0.3) is 33.1 Å². The van der Waals surface area contributed by atoms with Crippen LogP contribution in [0.4, 0.5) is 0 Å². The molecule has 4 rings (SSSR count). The minimum Gasteiger partial charge on any atom is -0.456 e. The summed E-state index contributed by atoms with van der Waals surface area (Å²) in [4.78, 5) is 0. The van der Waals surface area contributed by atoms with Gasteiger partial charge < -0.3 is 4.42 Å². The first-order valence-corrected chi connectivity index (χ1v) is 6.80. The smallest absolute Gasteiger partial charge is 0.138 e. The van der Waals surface area contributed by atoms with Gasteiger partial charge in [-0.1, -0.05) is 54.6 Å². The standard InChI is InChI=1S/C19H14O/c1-13-6-5-9-16-17-12-15(14-7-3-2-4-8-14)10-11-18(17)20-19(13)16/h2-12H,1H3. The first-order chi connectivity index (χ1) is 9.83. The van der Waals surface area contributed by atoms with Crippen LogP contribution in [0.3, 0.4) is 0 Å². The molecule has 96 valence electrons. The van der Waals surface area contributed by atoms with Crippen LogP contribution in [0, 0.1) is 6.92 Å². The molecule has 0 bridgehead atoms. The molecule has 0 aliphatic carbocycles. The maximum absolute atomic E-state index is 5.97. The first-order valence-electron chi connectivity index (χ1n) is 6.80. The van der Waals surface area contributed by atoms with E-state index in [0.717, 1.165) is 11.2 Å². The van der Waals surface area contributed by atoms with E-state index in [-0.39, 0.29) is 0 Å². The Hall–Kier alpha value is -2.54. The molecule has 0 saturated carbocycles. The van der Waals surface area contributed by atoms with E-state index in [2.05, 4.69) is 67.6 Å². The molecule has 1 heteroatoms. The van der Waals surface area contributed by atoms with Gasteiger partial charge in [-0.05, 0) is 35.7 Å². The molecule has 0 fully saturated rings. The quantitative estimate of drug-likeness (QED) is 0.435. The van der Waals surface area contributed by atoms with Gasteiger partial charge in [0, 0.05) is 10.8 Å². The molecule has 20 heavy (non-hydrogen) atoms. The lowest BCUT2D eigenvalue weighted by molar-refractivity contribution is 0.666. The molecule has 1 heterocycles. The average Bonchev–Trinajstić information content (AvgIpc) is 2.88. The van der Waals surface area contributed by atoms with E-state index < -0.39 is 0 Å².